The molecule has 0 spiro atoms. The van der Waals surface area contributed by atoms with Crippen LogP contribution in [-0.4, -0.2) is 53.9 Å². The summed E-state index contributed by atoms with van der Waals surface area (Å²) in [5.74, 6) is -1.14. The van der Waals surface area contributed by atoms with Crippen molar-refractivity contribution in [2.75, 3.05) is 42.5 Å². The van der Waals surface area contributed by atoms with Crippen LogP contribution in [0.15, 0.2) is 17.8 Å². The monoisotopic (exact) mass is 322 g/mol. The highest BCUT2D eigenvalue weighted by Gasteiger charge is 2.32. The largest absolute Gasteiger partial charge is 0.478 e. The molecule has 124 valence electrons. The minimum atomic E-state index is -1.38. The molecule has 0 radical (unpaired) electrons. The number of aliphatic hydroxyl groups excluding tert-OH is 1. The van der Waals surface area contributed by atoms with Crippen molar-refractivity contribution in [2.45, 2.75) is 13.0 Å². The van der Waals surface area contributed by atoms with Crippen molar-refractivity contribution < 1.29 is 19.4 Å². The van der Waals surface area contributed by atoms with Gasteiger partial charge in [-0.05, 0) is 13.0 Å². The van der Waals surface area contributed by atoms with E-state index in [-0.39, 0.29) is 17.0 Å². The molecule has 23 heavy (non-hydrogen) atoms. The summed E-state index contributed by atoms with van der Waals surface area (Å²) in [6, 6.07) is 1.20. The van der Waals surface area contributed by atoms with Crippen LogP contribution in [-0.2, 0) is 4.79 Å². The van der Waals surface area contributed by atoms with Crippen LogP contribution in [0.2, 0.25) is 0 Å². The molecule has 1 aromatic heterocycles. The lowest BCUT2D eigenvalue weighted by Crippen LogP contribution is -2.44. The van der Waals surface area contributed by atoms with Crippen molar-refractivity contribution in [3.05, 3.63) is 29.2 Å². The first-order valence-corrected chi connectivity index (χ1v) is 7.58. The molecule has 1 saturated heterocycles. The fourth-order valence-corrected chi connectivity index (χ4v) is 2.89. The number of carboxylic acid groups (broad SMARTS) is 1. The molecule has 1 atom stereocenters. The maximum Gasteiger partial charge on any atom is 0.336 e. The van der Waals surface area contributed by atoms with Crippen LogP contribution in [0, 0.1) is 5.82 Å². The van der Waals surface area contributed by atoms with Crippen LogP contribution in [0.4, 0.5) is 16.0 Å². The predicted octanol–water partition coefficient (Wildman–Crippen LogP) is 0.472. The number of rotatable bonds is 3. The van der Waals surface area contributed by atoms with Gasteiger partial charge in [0, 0.05) is 44.5 Å². The van der Waals surface area contributed by atoms with Gasteiger partial charge in [-0.2, -0.15) is 0 Å². The number of hydrogen-bond donors (Lipinski definition) is 3. The van der Waals surface area contributed by atoms with Gasteiger partial charge >= 0.3 is 5.97 Å². The number of nitrogens with one attached hydrogen (secondary N) is 1. The molecule has 1 fully saturated rings. The second kappa shape index (κ2) is 6.13. The van der Waals surface area contributed by atoms with Gasteiger partial charge in [-0.25, -0.2) is 14.2 Å². The number of aliphatic hydroxyl groups is 1. The number of halogens is 1. The highest BCUT2D eigenvalue weighted by molar-refractivity contribution is 5.90. The Morgan fingerprint density at radius 2 is 2.13 bits per heavy atom. The van der Waals surface area contributed by atoms with Crippen molar-refractivity contribution in [1.29, 1.82) is 0 Å². The molecule has 0 amide bonds. The van der Waals surface area contributed by atoms with Gasteiger partial charge in [0.2, 0.25) is 0 Å². The van der Waals surface area contributed by atoms with Gasteiger partial charge in [-0.1, -0.05) is 0 Å². The number of piperazine rings is 1. The Hall–Kier alpha value is -2.19. The van der Waals surface area contributed by atoms with Crippen LogP contribution < -0.4 is 15.1 Å². The lowest BCUT2D eigenvalue weighted by atomic mass is 9.99. The smallest absolute Gasteiger partial charge is 0.336 e. The van der Waals surface area contributed by atoms with Crippen molar-refractivity contribution in [1.82, 2.24) is 10.3 Å². The second-order valence-electron chi connectivity index (χ2n) is 5.52. The van der Waals surface area contributed by atoms with E-state index < -0.39 is 17.9 Å². The van der Waals surface area contributed by atoms with Crippen LogP contribution in [0.1, 0.15) is 18.6 Å². The number of fused-ring (bicyclic) bond motifs is 1. The summed E-state index contributed by atoms with van der Waals surface area (Å²) in [6.07, 6.45) is -0.0220. The molecule has 3 heterocycles. The molecule has 0 bridgehead atoms. The Labute approximate surface area is 133 Å². The van der Waals surface area contributed by atoms with E-state index in [0.29, 0.717) is 25.5 Å². The summed E-state index contributed by atoms with van der Waals surface area (Å²) < 4.78 is 14.5. The molecule has 7 nitrogen and oxygen atoms in total. The quantitative estimate of drug-likeness (QED) is 0.745. The van der Waals surface area contributed by atoms with Crippen LogP contribution >= 0.6 is 0 Å². The Kier molecular flexibility index (Phi) is 4.18. The highest BCUT2D eigenvalue weighted by Crippen LogP contribution is 2.37. The van der Waals surface area contributed by atoms with Gasteiger partial charge in [-0.3, -0.25) is 0 Å². The second-order valence-corrected chi connectivity index (χ2v) is 5.52. The summed E-state index contributed by atoms with van der Waals surface area (Å²) in [5.41, 5.74) is -0.00129. The minimum absolute atomic E-state index is 0.183. The molecule has 0 saturated carbocycles. The lowest BCUT2D eigenvalue weighted by molar-refractivity contribution is -0.133. The topological polar surface area (TPSA) is 88.9 Å². The predicted molar refractivity (Wildman–Crippen MR) is 83.0 cm³/mol. The van der Waals surface area contributed by atoms with E-state index in [1.807, 2.05) is 11.8 Å². The van der Waals surface area contributed by atoms with Gasteiger partial charge in [0.05, 0.1) is 5.57 Å². The van der Waals surface area contributed by atoms with E-state index in [1.54, 1.807) is 4.90 Å². The zero-order valence-corrected chi connectivity index (χ0v) is 12.8. The number of pyridine rings is 1. The molecular formula is C15H19FN4O3. The first-order chi connectivity index (χ1) is 11.0. The maximum atomic E-state index is 14.5. The standard InChI is InChI=1S/C15H19FN4O3/c1-2-19-8-10(15(22)23)12(21)9-7-11(16)14(18-13(9)19)20-5-3-17-4-6-20/h7-8,12,17,21H,2-6H2,1H3,(H,22,23). The molecule has 2 aliphatic heterocycles. The Bertz CT molecular complexity index is 658. The van der Waals surface area contributed by atoms with E-state index in [1.165, 1.54) is 12.3 Å². The summed E-state index contributed by atoms with van der Waals surface area (Å²) in [7, 11) is 0. The van der Waals surface area contributed by atoms with Crippen molar-refractivity contribution in [2.24, 2.45) is 0 Å². The Morgan fingerprint density at radius 1 is 1.43 bits per heavy atom. The van der Waals surface area contributed by atoms with Gasteiger partial charge in [0.1, 0.15) is 11.9 Å². The molecule has 0 aromatic carbocycles. The fourth-order valence-electron chi connectivity index (χ4n) is 2.89. The molecular weight excluding hydrogens is 303 g/mol. The summed E-state index contributed by atoms with van der Waals surface area (Å²) in [6.45, 7) is 5.10. The molecule has 1 unspecified atom stereocenters. The molecule has 3 N–H and O–H groups in total. The molecule has 1 aromatic rings. The van der Waals surface area contributed by atoms with E-state index in [0.717, 1.165) is 13.1 Å². The average Bonchev–Trinajstić information content (AvgIpc) is 2.55. The minimum Gasteiger partial charge on any atom is -0.478 e. The van der Waals surface area contributed by atoms with Crippen LogP contribution in [0.3, 0.4) is 0 Å². The third-order valence-electron chi connectivity index (χ3n) is 4.13. The summed E-state index contributed by atoms with van der Waals surface area (Å²) >= 11 is 0. The average molecular weight is 322 g/mol. The van der Waals surface area contributed by atoms with Crippen molar-refractivity contribution >= 4 is 17.6 Å². The summed E-state index contributed by atoms with van der Waals surface area (Å²) in [5, 5.41) is 22.6. The molecule has 8 heteroatoms. The first-order valence-electron chi connectivity index (χ1n) is 7.58. The van der Waals surface area contributed by atoms with Crippen LogP contribution in [0.5, 0.6) is 0 Å². The molecule has 3 rings (SSSR count). The third kappa shape index (κ3) is 2.75. The number of anilines is 2. The van der Waals surface area contributed by atoms with Gasteiger partial charge < -0.3 is 25.3 Å². The van der Waals surface area contributed by atoms with Crippen molar-refractivity contribution in [3.63, 3.8) is 0 Å². The van der Waals surface area contributed by atoms with Gasteiger partial charge in [0.25, 0.3) is 0 Å². The molecule has 2 aliphatic rings. The summed E-state index contributed by atoms with van der Waals surface area (Å²) in [4.78, 5) is 19.1. The lowest BCUT2D eigenvalue weighted by Gasteiger charge is -2.33. The normalized spacial score (nSPS) is 21.0. The number of aromatic nitrogens is 1. The van der Waals surface area contributed by atoms with E-state index in [9.17, 15) is 19.4 Å². The first kappa shape index (κ1) is 15.7. The van der Waals surface area contributed by atoms with E-state index in [2.05, 4.69) is 10.3 Å². The Balaban J connectivity index is 2.05. The van der Waals surface area contributed by atoms with Gasteiger partial charge in [0.15, 0.2) is 11.6 Å². The van der Waals surface area contributed by atoms with E-state index in [4.69, 9.17) is 0 Å². The highest BCUT2D eigenvalue weighted by atomic mass is 19.1. The number of aliphatic carboxylic acids is 1. The van der Waals surface area contributed by atoms with Gasteiger partial charge in [-0.15, -0.1) is 0 Å². The maximum absolute atomic E-state index is 14.5. The SMILES string of the molecule is CCN1C=C(C(=O)O)C(O)c2cc(F)c(N3CCNCC3)nc21. The number of carbonyl (C=O) groups is 1. The zero-order chi connectivity index (χ0) is 16.6. The number of carboxylic acids is 1. The van der Waals surface area contributed by atoms with Crippen molar-refractivity contribution in [3.8, 4) is 0 Å². The number of nitrogens with zero attached hydrogens (tertiary/aromatic N) is 3. The third-order valence-corrected chi connectivity index (χ3v) is 4.13. The Morgan fingerprint density at radius 3 is 2.74 bits per heavy atom. The van der Waals surface area contributed by atoms with E-state index >= 15 is 0 Å². The van der Waals surface area contributed by atoms with Crippen LogP contribution in [0.25, 0.3) is 0 Å². The fraction of sp³-hybridized carbons (Fsp3) is 0.467. The molecule has 0 aliphatic carbocycles. The zero-order valence-electron chi connectivity index (χ0n) is 12.8. The number of hydrogen-bond acceptors (Lipinski definition) is 6.